The lowest BCUT2D eigenvalue weighted by atomic mass is 10.2. The van der Waals surface area contributed by atoms with Gasteiger partial charge in [0.25, 0.3) is 9.05 Å². The number of aryl methyl sites for hydroxylation is 1. The van der Waals surface area contributed by atoms with Gasteiger partial charge in [-0.2, -0.15) is 0 Å². The van der Waals surface area contributed by atoms with Crippen molar-refractivity contribution in [2.75, 3.05) is 6.61 Å². The van der Waals surface area contributed by atoms with Gasteiger partial charge in [-0.1, -0.05) is 0 Å². The molecule has 8 heteroatoms. The third-order valence-corrected chi connectivity index (χ3v) is 5.03. The number of rotatable bonds is 3. The lowest BCUT2D eigenvalue weighted by Crippen LogP contribution is -2.03. The van der Waals surface area contributed by atoms with Crippen LogP contribution in [0.2, 0.25) is 0 Å². The number of carbonyl (C=O) groups is 1. The van der Waals surface area contributed by atoms with Crippen molar-refractivity contribution < 1.29 is 17.9 Å². The van der Waals surface area contributed by atoms with Gasteiger partial charge in [0, 0.05) is 22.3 Å². The van der Waals surface area contributed by atoms with E-state index in [2.05, 4.69) is 4.98 Å². The Morgan fingerprint density at radius 2 is 2.21 bits per heavy atom. The molecule has 2 aromatic rings. The van der Waals surface area contributed by atoms with E-state index in [1.165, 1.54) is 23.6 Å². The highest BCUT2D eigenvalue weighted by atomic mass is 35.7. The number of carbonyl (C=O) groups excluding carboxylic acids is 1. The van der Waals surface area contributed by atoms with Gasteiger partial charge in [-0.15, -0.1) is 11.3 Å². The fourth-order valence-corrected chi connectivity index (χ4v) is 3.32. The quantitative estimate of drug-likeness (QED) is 0.642. The zero-order chi connectivity index (χ0) is 14.2. The number of pyridine rings is 1. The largest absolute Gasteiger partial charge is 0.462 e. The molecule has 0 saturated carbocycles. The molecule has 0 atom stereocenters. The number of aromatic nitrogens is 1. The average molecular weight is 320 g/mol. The van der Waals surface area contributed by atoms with E-state index in [-0.39, 0.29) is 11.5 Å². The summed E-state index contributed by atoms with van der Waals surface area (Å²) in [5.74, 6) is -0.432. The number of halogens is 1. The van der Waals surface area contributed by atoms with Crippen LogP contribution in [0.3, 0.4) is 0 Å². The minimum Gasteiger partial charge on any atom is -0.462 e. The van der Waals surface area contributed by atoms with Crippen LogP contribution in [-0.4, -0.2) is 26.0 Å². The number of esters is 1. The van der Waals surface area contributed by atoms with Crippen molar-refractivity contribution in [1.82, 2.24) is 4.98 Å². The summed E-state index contributed by atoms with van der Waals surface area (Å²) in [7, 11) is 1.44. The molecular weight excluding hydrogens is 310 g/mol. The normalized spacial score (nSPS) is 11.7. The van der Waals surface area contributed by atoms with E-state index in [0.717, 1.165) is 0 Å². The van der Waals surface area contributed by atoms with Crippen LogP contribution in [-0.2, 0) is 13.8 Å². The number of hydrogen-bond acceptors (Lipinski definition) is 6. The van der Waals surface area contributed by atoms with Crippen LogP contribution in [0, 0.1) is 6.92 Å². The summed E-state index contributed by atoms with van der Waals surface area (Å²) in [5, 5.41) is 0.592. The van der Waals surface area contributed by atoms with E-state index in [0.29, 0.717) is 20.7 Å². The molecule has 19 heavy (non-hydrogen) atoms. The molecule has 0 aliphatic heterocycles. The molecule has 0 N–H and O–H groups in total. The lowest BCUT2D eigenvalue weighted by molar-refractivity contribution is 0.0531. The van der Waals surface area contributed by atoms with Crippen molar-refractivity contribution in [3.63, 3.8) is 0 Å². The Hall–Kier alpha value is -1.18. The van der Waals surface area contributed by atoms with Crippen molar-refractivity contribution in [1.29, 1.82) is 0 Å². The maximum Gasteiger partial charge on any atom is 0.348 e. The first kappa shape index (κ1) is 14.2. The number of nitrogens with zero attached hydrogens (tertiary/aromatic N) is 1. The Morgan fingerprint density at radius 1 is 1.53 bits per heavy atom. The average Bonchev–Trinajstić information content (AvgIpc) is 2.66. The SMILES string of the molecule is CCOC(=O)c1sc2ncc(S(=O)(=O)Cl)cc2c1C. The molecule has 0 amide bonds. The van der Waals surface area contributed by atoms with Gasteiger partial charge >= 0.3 is 5.97 Å². The van der Waals surface area contributed by atoms with E-state index in [1.54, 1.807) is 13.8 Å². The summed E-state index contributed by atoms with van der Waals surface area (Å²) in [6, 6.07) is 1.42. The van der Waals surface area contributed by atoms with Crippen LogP contribution < -0.4 is 0 Å². The molecule has 0 saturated heterocycles. The highest BCUT2D eigenvalue weighted by molar-refractivity contribution is 8.13. The fourth-order valence-electron chi connectivity index (χ4n) is 1.60. The number of ether oxygens (including phenoxy) is 1. The van der Waals surface area contributed by atoms with E-state index in [4.69, 9.17) is 15.4 Å². The number of fused-ring (bicyclic) bond motifs is 1. The second-order valence-electron chi connectivity index (χ2n) is 3.74. The highest BCUT2D eigenvalue weighted by Gasteiger charge is 2.19. The second-order valence-corrected chi connectivity index (χ2v) is 7.30. The van der Waals surface area contributed by atoms with Crippen LogP contribution >= 0.6 is 22.0 Å². The Bertz CT molecular complexity index is 751. The van der Waals surface area contributed by atoms with Gasteiger partial charge in [0.2, 0.25) is 0 Å². The first-order chi connectivity index (χ1) is 8.84. The fraction of sp³-hybridized carbons (Fsp3) is 0.273. The molecule has 102 valence electrons. The topological polar surface area (TPSA) is 73.3 Å². The lowest BCUT2D eigenvalue weighted by Gasteiger charge is -1.99. The molecule has 0 unspecified atom stereocenters. The molecule has 0 bridgehead atoms. The standard InChI is InChI=1S/C11H10ClNO4S2/c1-3-17-11(14)9-6(2)8-4-7(19(12,15)16)5-13-10(8)18-9/h4-5H,3H2,1-2H3. The van der Waals surface area contributed by atoms with Gasteiger partial charge in [0.15, 0.2) is 0 Å². The summed E-state index contributed by atoms with van der Waals surface area (Å²) in [5.41, 5.74) is 0.646. The Morgan fingerprint density at radius 3 is 2.79 bits per heavy atom. The van der Waals surface area contributed by atoms with E-state index >= 15 is 0 Å². The van der Waals surface area contributed by atoms with E-state index < -0.39 is 15.0 Å². The number of hydrogen-bond donors (Lipinski definition) is 0. The second kappa shape index (κ2) is 5.07. The first-order valence-corrected chi connectivity index (χ1v) is 8.48. The van der Waals surface area contributed by atoms with Crippen LogP contribution in [0.25, 0.3) is 10.2 Å². The van der Waals surface area contributed by atoms with Crippen LogP contribution in [0.5, 0.6) is 0 Å². The molecule has 2 heterocycles. The third kappa shape index (κ3) is 2.72. The smallest absolute Gasteiger partial charge is 0.348 e. The molecule has 0 aromatic carbocycles. The summed E-state index contributed by atoms with van der Waals surface area (Å²) in [4.78, 5) is 16.7. The predicted octanol–water partition coefficient (Wildman–Crippen LogP) is 2.71. The molecule has 0 aliphatic carbocycles. The van der Waals surface area contributed by atoms with E-state index in [1.807, 2.05) is 0 Å². The molecule has 2 aromatic heterocycles. The van der Waals surface area contributed by atoms with Crippen LogP contribution in [0.1, 0.15) is 22.2 Å². The van der Waals surface area contributed by atoms with Crippen molar-refractivity contribution in [3.05, 3.63) is 22.7 Å². The van der Waals surface area contributed by atoms with Crippen LogP contribution in [0.4, 0.5) is 0 Å². The zero-order valence-corrected chi connectivity index (χ0v) is 12.5. The third-order valence-electron chi connectivity index (χ3n) is 2.51. The molecular formula is C11H10ClNO4S2. The maximum absolute atomic E-state index is 11.7. The molecule has 2 rings (SSSR count). The zero-order valence-electron chi connectivity index (χ0n) is 10.1. The molecule has 0 radical (unpaired) electrons. The molecule has 0 spiro atoms. The summed E-state index contributed by atoms with van der Waals surface area (Å²) in [6.45, 7) is 3.72. The van der Waals surface area contributed by atoms with Crippen molar-refractivity contribution in [2.24, 2.45) is 0 Å². The predicted molar refractivity (Wildman–Crippen MR) is 73.4 cm³/mol. The summed E-state index contributed by atoms with van der Waals surface area (Å²) in [6.07, 6.45) is 1.18. The highest BCUT2D eigenvalue weighted by Crippen LogP contribution is 2.31. The van der Waals surface area contributed by atoms with Gasteiger partial charge in [-0.05, 0) is 25.5 Å². The van der Waals surface area contributed by atoms with Crippen molar-refractivity contribution in [3.8, 4) is 0 Å². The minimum absolute atomic E-state index is 0.0852. The van der Waals surface area contributed by atoms with Gasteiger partial charge in [-0.25, -0.2) is 18.2 Å². The van der Waals surface area contributed by atoms with Crippen LogP contribution in [0.15, 0.2) is 17.2 Å². The Balaban J connectivity index is 2.62. The van der Waals surface area contributed by atoms with Crippen molar-refractivity contribution >= 4 is 47.3 Å². The minimum atomic E-state index is -3.83. The van der Waals surface area contributed by atoms with Gasteiger partial charge in [0.05, 0.1) is 6.61 Å². The molecule has 5 nitrogen and oxygen atoms in total. The van der Waals surface area contributed by atoms with Gasteiger partial charge in [0.1, 0.15) is 14.6 Å². The Kier molecular flexibility index (Phi) is 3.80. The summed E-state index contributed by atoms with van der Waals surface area (Å²) < 4.78 is 27.5. The number of thiophene rings is 1. The Labute approximate surface area is 118 Å². The molecule has 0 fully saturated rings. The van der Waals surface area contributed by atoms with Gasteiger partial charge < -0.3 is 4.74 Å². The van der Waals surface area contributed by atoms with Gasteiger partial charge in [-0.3, -0.25) is 0 Å². The summed E-state index contributed by atoms with van der Waals surface area (Å²) >= 11 is 1.17. The van der Waals surface area contributed by atoms with Crippen molar-refractivity contribution in [2.45, 2.75) is 18.7 Å². The maximum atomic E-state index is 11.7. The monoisotopic (exact) mass is 319 g/mol. The van der Waals surface area contributed by atoms with E-state index in [9.17, 15) is 13.2 Å². The first-order valence-electron chi connectivity index (χ1n) is 5.35. The molecule has 0 aliphatic rings.